The first kappa shape index (κ1) is 20.0. The molecule has 0 spiro atoms. The lowest BCUT2D eigenvalue weighted by Crippen LogP contribution is -2.04. The van der Waals surface area contributed by atoms with Crippen molar-refractivity contribution in [2.24, 2.45) is 0 Å². The largest absolute Gasteiger partial charge is 0.460 e. The van der Waals surface area contributed by atoms with E-state index in [9.17, 15) is 13.2 Å². The molecule has 1 aromatic rings. The van der Waals surface area contributed by atoms with Crippen molar-refractivity contribution in [3.05, 3.63) is 49.1 Å². The molecule has 0 aliphatic carbocycles. The molecule has 0 fully saturated rings. The first-order valence-corrected chi connectivity index (χ1v) is 7.86. The van der Waals surface area contributed by atoms with Crippen molar-refractivity contribution >= 4 is 21.7 Å². The first-order valence-electron chi connectivity index (χ1n) is 6.42. The van der Waals surface area contributed by atoms with E-state index < -0.39 is 16.1 Å². The summed E-state index contributed by atoms with van der Waals surface area (Å²) in [4.78, 5) is 10.0. The summed E-state index contributed by atoms with van der Waals surface area (Å²) in [6.45, 7) is 8.86. The average molecular weight is 328 g/mol. The highest BCUT2D eigenvalue weighted by atomic mass is 32.2. The molecule has 22 heavy (non-hydrogen) atoms. The second-order valence-corrected chi connectivity index (χ2v) is 5.47. The summed E-state index contributed by atoms with van der Waals surface area (Å²) in [5.41, 5.74) is 1.83. The second-order valence-electron chi connectivity index (χ2n) is 4.05. The summed E-state index contributed by atoms with van der Waals surface area (Å²) in [6, 6.07) is 6.00. The van der Waals surface area contributed by atoms with Gasteiger partial charge in [0.05, 0.1) is 11.5 Å². The van der Waals surface area contributed by atoms with Crippen molar-refractivity contribution in [1.82, 2.24) is 0 Å². The fourth-order valence-electron chi connectivity index (χ4n) is 1.27. The number of aliphatic hydroxyl groups excluding tert-OH is 1. The van der Waals surface area contributed by atoms with Gasteiger partial charge in [-0.2, -0.15) is 8.42 Å². The monoisotopic (exact) mass is 328 g/mol. The van der Waals surface area contributed by atoms with Gasteiger partial charge in [-0.15, -0.1) is 0 Å². The van der Waals surface area contributed by atoms with Gasteiger partial charge in [-0.3, -0.25) is 4.55 Å². The third kappa shape index (κ3) is 7.72. The summed E-state index contributed by atoms with van der Waals surface area (Å²) in [6.07, 6.45) is 1.86. The Balaban J connectivity index is 0.000000472. The molecule has 0 amide bonds. The molecule has 2 N–H and O–H groups in total. The van der Waals surface area contributed by atoms with E-state index in [-0.39, 0.29) is 18.1 Å². The number of aliphatic hydroxyl groups is 1. The summed E-state index contributed by atoms with van der Waals surface area (Å²) in [5, 5.41) is 8.10. The number of benzene rings is 1. The van der Waals surface area contributed by atoms with Gasteiger partial charge in [0.15, 0.2) is 0 Å². The van der Waals surface area contributed by atoms with Crippen LogP contribution in [0.3, 0.4) is 0 Å². The Morgan fingerprint density at radius 1 is 1.32 bits per heavy atom. The highest BCUT2D eigenvalue weighted by Gasteiger charge is 2.08. The van der Waals surface area contributed by atoms with Gasteiger partial charge in [0.1, 0.15) is 6.61 Å². The van der Waals surface area contributed by atoms with E-state index >= 15 is 0 Å². The Bertz CT molecular complexity index is 601. The molecule has 0 heterocycles. The van der Waals surface area contributed by atoms with Crippen LogP contribution in [0.4, 0.5) is 0 Å². The van der Waals surface area contributed by atoms with Gasteiger partial charge in [-0.25, -0.2) is 4.79 Å². The molecule has 0 radical (unpaired) electrons. The van der Waals surface area contributed by atoms with Crippen LogP contribution in [0.15, 0.2) is 48.4 Å². The Labute approximate surface area is 130 Å². The molecule has 0 aliphatic rings. The fourth-order valence-corrected chi connectivity index (χ4v) is 1.75. The SMILES string of the molecule is C=C(CC)c1ccc(S(=O)(=O)O)cc1.C=CC(=O)OCCO. The third-order valence-electron chi connectivity index (χ3n) is 2.49. The average Bonchev–Trinajstić information content (AvgIpc) is 2.51. The van der Waals surface area contributed by atoms with Crippen LogP contribution in [0, 0.1) is 0 Å². The van der Waals surface area contributed by atoms with E-state index in [4.69, 9.17) is 9.66 Å². The Hall–Kier alpha value is -1.96. The number of rotatable bonds is 6. The van der Waals surface area contributed by atoms with Crippen LogP contribution in [0.5, 0.6) is 0 Å². The maximum atomic E-state index is 10.7. The molecule has 0 aromatic heterocycles. The second kappa shape index (κ2) is 9.88. The van der Waals surface area contributed by atoms with Crippen molar-refractivity contribution in [2.45, 2.75) is 18.2 Å². The molecule has 1 rings (SSSR count). The van der Waals surface area contributed by atoms with Gasteiger partial charge < -0.3 is 9.84 Å². The molecule has 0 saturated heterocycles. The molecule has 1 aromatic carbocycles. The summed E-state index contributed by atoms with van der Waals surface area (Å²) in [5.74, 6) is -0.501. The Kier molecular flexibility index (Phi) is 9.00. The Morgan fingerprint density at radius 3 is 2.23 bits per heavy atom. The van der Waals surface area contributed by atoms with Gasteiger partial charge in [0, 0.05) is 6.08 Å². The molecule has 0 atom stereocenters. The molecular weight excluding hydrogens is 308 g/mol. The zero-order valence-electron chi connectivity index (χ0n) is 12.4. The molecular formula is C15H20O6S. The molecule has 6 nitrogen and oxygen atoms in total. The number of ether oxygens (including phenoxy) is 1. The van der Waals surface area contributed by atoms with Crippen molar-refractivity contribution in [1.29, 1.82) is 0 Å². The van der Waals surface area contributed by atoms with Crippen LogP contribution in [0.25, 0.3) is 5.57 Å². The molecule has 0 saturated carbocycles. The van der Waals surface area contributed by atoms with E-state index in [1.165, 1.54) is 12.1 Å². The van der Waals surface area contributed by atoms with Crippen molar-refractivity contribution in [3.8, 4) is 0 Å². The number of allylic oxidation sites excluding steroid dienone is 1. The lowest BCUT2D eigenvalue weighted by molar-refractivity contribution is -0.138. The maximum absolute atomic E-state index is 10.7. The Morgan fingerprint density at radius 2 is 1.86 bits per heavy atom. The normalized spacial score (nSPS) is 10.1. The minimum Gasteiger partial charge on any atom is -0.460 e. The van der Waals surface area contributed by atoms with E-state index in [2.05, 4.69) is 17.9 Å². The smallest absolute Gasteiger partial charge is 0.330 e. The molecule has 0 bridgehead atoms. The predicted octanol–water partition coefficient (Wildman–Crippen LogP) is 2.06. The topological polar surface area (TPSA) is 101 Å². The van der Waals surface area contributed by atoms with Crippen LogP contribution >= 0.6 is 0 Å². The highest BCUT2D eigenvalue weighted by Crippen LogP contribution is 2.17. The van der Waals surface area contributed by atoms with Gasteiger partial charge in [0.25, 0.3) is 10.1 Å². The first-order chi connectivity index (χ1) is 10.3. The number of hydrogen-bond donors (Lipinski definition) is 2. The summed E-state index contributed by atoms with van der Waals surface area (Å²) >= 11 is 0. The number of carbonyl (C=O) groups excluding carboxylic acids is 1. The zero-order valence-corrected chi connectivity index (χ0v) is 13.2. The molecule has 122 valence electrons. The molecule has 0 unspecified atom stereocenters. The predicted molar refractivity (Wildman–Crippen MR) is 83.8 cm³/mol. The van der Waals surface area contributed by atoms with Crippen LogP contribution in [0.2, 0.25) is 0 Å². The van der Waals surface area contributed by atoms with Gasteiger partial charge in [0.2, 0.25) is 0 Å². The van der Waals surface area contributed by atoms with E-state index in [1.807, 2.05) is 6.92 Å². The van der Waals surface area contributed by atoms with E-state index in [1.54, 1.807) is 12.1 Å². The van der Waals surface area contributed by atoms with Crippen LogP contribution in [-0.2, 0) is 19.6 Å². The molecule has 0 aliphatic heterocycles. The van der Waals surface area contributed by atoms with Crippen LogP contribution < -0.4 is 0 Å². The minimum atomic E-state index is -4.08. The summed E-state index contributed by atoms with van der Waals surface area (Å²) < 4.78 is 34.5. The lowest BCUT2D eigenvalue weighted by Gasteiger charge is -2.03. The van der Waals surface area contributed by atoms with Gasteiger partial charge in [-0.05, 0) is 29.7 Å². The lowest BCUT2D eigenvalue weighted by atomic mass is 10.1. The van der Waals surface area contributed by atoms with Crippen molar-refractivity contribution in [2.75, 3.05) is 13.2 Å². The highest BCUT2D eigenvalue weighted by molar-refractivity contribution is 7.85. The molecule has 7 heteroatoms. The van der Waals surface area contributed by atoms with Crippen molar-refractivity contribution in [3.63, 3.8) is 0 Å². The zero-order chi connectivity index (χ0) is 17.2. The van der Waals surface area contributed by atoms with Crippen LogP contribution in [-0.4, -0.2) is 37.3 Å². The number of esters is 1. The quantitative estimate of drug-likeness (QED) is 0.471. The fraction of sp³-hybridized carbons (Fsp3) is 0.267. The third-order valence-corrected chi connectivity index (χ3v) is 3.36. The maximum Gasteiger partial charge on any atom is 0.330 e. The van der Waals surface area contributed by atoms with Gasteiger partial charge in [-0.1, -0.05) is 32.2 Å². The van der Waals surface area contributed by atoms with Crippen molar-refractivity contribution < 1.29 is 27.6 Å². The van der Waals surface area contributed by atoms with Gasteiger partial charge >= 0.3 is 5.97 Å². The number of carbonyl (C=O) groups is 1. The van der Waals surface area contributed by atoms with Crippen LogP contribution in [0.1, 0.15) is 18.9 Å². The summed E-state index contributed by atoms with van der Waals surface area (Å²) in [7, 11) is -4.08. The minimum absolute atomic E-state index is 0.0465. The van der Waals surface area contributed by atoms with E-state index in [0.29, 0.717) is 0 Å². The standard InChI is InChI=1S/C10H12O3S.C5H8O3/c1-3-8(2)9-4-6-10(7-5-9)14(11,12)13;1-2-5(7)8-4-3-6/h4-7H,2-3H2,1H3,(H,11,12,13);2,6H,1,3-4H2. The van der Waals surface area contributed by atoms with E-state index in [0.717, 1.165) is 23.6 Å². The number of hydrogen-bond acceptors (Lipinski definition) is 5.